The molecule has 5 rings (SSSR count). The number of urea groups is 1. The Morgan fingerprint density at radius 1 is 1.08 bits per heavy atom. The Hall–Kier alpha value is -3.85. The lowest BCUT2D eigenvalue weighted by Gasteiger charge is -2.36. The van der Waals surface area contributed by atoms with Gasteiger partial charge in [0.1, 0.15) is 11.6 Å². The number of hydrogen-bond acceptors (Lipinski definition) is 7. The summed E-state index contributed by atoms with van der Waals surface area (Å²) in [6, 6.07) is 13.9. The van der Waals surface area contributed by atoms with Crippen molar-refractivity contribution in [2.24, 2.45) is 0 Å². The molecule has 2 aromatic carbocycles. The number of anilines is 2. The zero-order valence-corrected chi connectivity index (χ0v) is 22.2. The topological polar surface area (TPSA) is 90.6 Å². The number of aryl methyl sites for hydroxylation is 2. The number of piperazine rings is 1. The van der Waals surface area contributed by atoms with Crippen LogP contribution in [0.15, 0.2) is 47.0 Å². The number of fused-ring (bicyclic) bond motifs is 1. The first-order valence-electron chi connectivity index (χ1n) is 12.2. The largest absolute Gasteiger partial charge is 0.365 e. The van der Waals surface area contributed by atoms with Gasteiger partial charge in [-0.2, -0.15) is 4.98 Å². The average molecular weight is 520 g/mol. The minimum Gasteiger partial charge on any atom is -0.365 e. The van der Waals surface area contributed by atoms with Gasteiger partial charge in [0.25, 0.3) is 0 Å². The highest BCUT2D eigenvalue weighted by molar-refractivity contribution is 6.30. The van der Waals surface area contributed by atoms with Gasteiger partial charge in [0.05, 0.1) is 11.2 Å². The lowest BCUT2D eigenvalue weighted by Crippen LogP contribution is -2.51. The number of benzene rings is 2. The van der Waals surface area contributed by atoms with E-state index < -0.39 is 0 Å². The van der Waals surface area contributed by atoms with Gasteiger partial charge in [0.15, 0.2) is 0 Å². The van der Waals surface area contributed by atoms with E-state index in [0.717, 1.165) is 44.9 Å². The molecule has 10 heteroatoms. The third kappa shape index (κ3) is 5.17. The van der Waals surface area contributed by atoms with E-state index in [1.54, 1.807) is 19.0 Å². The molecule has 37 heavy (non-hydrogen) atoms. The van der Waals surface area contributed by atoms with Crippen molar-refractivity contribution in [3.8, 4) is 11.1 Å². The van der Waals surface area contributed by atoms with E-state index in [1.807, 2.05) is 55.1 Å². The van der Waals surface area contributed by atoms with E-state index in [4.69, 9.17) is 26.1 Å². The molecule has 2 amide bonds. The molecule has 0 unspecified atom stereocenters. The van der Waals surface area contributed by atoms with E-state index in [9.17, 15) is 4.79 Å². The highest BCUT2D eigenvalue weighted by Gasteiger charge is 2.24. The van der Waals surface area contributed by atoms with Gasteiger partial charge in [-0.1, -0.05) is 35.0 Å². The highest BCUT2D eigenvalue weighted by atomic mass is 35.5. The molecule has 4 aromatic rings. The van der Waals surface area contributed by atoms with Crippen molar-refractivity contribution < 1.29 is 9.32 Å². The molecular weight excluding hydrogens is 490 g/mol. The Balaban J connectivity index is 1.49. The molecule has 0 saturated carbocycles. The number of hydrogen-bond donors (Lipinski definition) is 1. The summed E-state index contributed by atoms with van der Waals surface area (Å²) in [5.41, 5.74) is 4.71. The van der Waals surface area contributed by atoms with Crippen molar-refractivity contribution in [3.05, 3.63) is 64.5 Å². The molecule has 0 spiro atoms. The molecule has 9 nitrogen and oxygen atoms in total. The van der Waals surface area contributed by atoms with Gasteiger partial charge >= 0.3 is 6.03 Å². The number of amides is 2. The lowest BCUT2D eigenvalue weighted by molar-refractivity contribution is 0.167. The second kappa shape index (κ2) is 10.3. The second-order valence-corrected chi connectivity index (χ2v) is 9.87. The fourth-order valence-electron chi connectivity index (χ4n) is 4.66. The number of carbonyl (C=O) groups is 1. The molecular formula is C27H30ClN7O2. The molecule has 1 N–H and O–H groups in total. The second-order valence-electron chi connectivity index (χ2n) is 9.44. The van der Waals surface area contributed by atoms with E-state index in [2.05, 4.69) is 21.4 Å². The zero-order valence-electron chi connectivity index (χ0n) is 21.5. The Labute approximate surface area is 221 Å². The van der Waals surface area contributed by atoms with Crippen molar-refractivity contribution in [2.75, 3.05) is 50.5 Å². The van der Waals surface area contributed by atoms with Crippen LogP contribution in [0.5, 0.6) is 0 Å². The maximum Gasteiger partial charge on any atom is 0.319 e. The van der Waals surface area contributed by atoms with Crippen LogP contribution in [0.1, 0.15) is 17.0 Å². The zero-order chi connectivity index (χ0) is 26.1. The van der Waals surface area contributed by atoms with Gasteiger partial charge in [-0.05, 0) is 49.2 Å². The van der Waals surface area contributed by atoms with Gasteiger partial charge in [0.2, 0.25) is 5.95 Å². The monoisotopic (exact) mass is 519 g/mol. The van der Waals surface area contributed by atoms with Crippen molar-refractivity contribution in [3.63, 3.8) is 0 Å². The molecule has 1 aliphatic heterocycles. The standard InChI is InChI=1S/C27H30ClN7O2/c1-17-24(18(2)37-32-17)20-8-9-23-22(15-20)25(29-16-19-6-5-7-21(28)14-19)31-26(30-23)34-10-12-35(13-11-34)27(36)33(3)4/h5-9,14-15H,10-13,16H2,1-4H3,(H,29,30,31). The van der Waals surface area contributed by atoms with Crippen LogP contribution < -0.4 is 10.2 Å². The summed E-state index contributed by atoms with van der Waals surface area (Å²) in [6.45, 7) is 6.98. The quantitative estimate of drug-likeness (QED) is 0.398. The normalized spacial score (nSPS) is 13.8. The van der Waals surface area contributed by atoms with E-state index in [1.165, 1.54) is 0 Å². The van der Waals surface area contributed by atoms with Gasteiger partial charge in [-0.3, -0.25) is 0 Å². The highest BCUT2D eigenvalue weighted by Crippen LogP contribution is 2.32. The van der Waals surface area contributed by atoms with Crippen LogP contribution in [0.4, 0.5) is 16.6 Å². The molecule has 0 aliphatic carbocycles. The molecule has 192 valence electrons. The van der Waals surface area contributed by atoms with E-state index in [-0.39, 0.29) is 6.03 Å². The van der Waals surface area contributed by atoms with Crippen LogP contribution in [-0.2, 0) is 6.54 Å². The molecule has 2 aromatic heterocycles. The third-order valence-electron chi connectivity index (χ3n) is 6.57. The van der Waals surface area contributed by atoms with E-state index in [0.29, 0.717) is 43.7 Å². The maximum atomic E-state index is 12.4. The first-order chi connectivity index (χ1) is 17.8. The molecule has 1 fully saturated rings. The molecule has 1 saturated heterocycles. The number of aromatic nitrogens is 3. The fraction of sp³-hybridized carbons (Fsp3) is 0.333. The Morgan fingerprint density at radius 2 is 1.86 bits per heavy atom. The predicted octanol–water partition coefficient (Wildman–Crippen LogP) is 4.97. The first kappa shape index (κ1) is 24.8. The number of nitrogens with zero attached hydrogens (tertiary/aromatic N) is 6. The average Bonchev–Trinajstić information content (AvgIpc) is 3.24. The number of rotatable bonds is 5. The molecule has 3 heterocycles. The predicted molar refractivity (Wildman–Crippen MR) is 146 cm³/mol. The van der Waals surface area contributed by atoms with Crippen LogP contribution in [0.3, 0.4) is 0 Å². The van der Waals surface area contributed by atoms with Crippen LogP contribution in [0, 0.1) is 13.8 Å². The Bertz CT molecular complexity index is 1420. The van der Waals surface area contributed by atoms with Crippen molar-refractivity contribution >= 4 is 40.3 Å². The number of carbonyl (C=O) groups excluding carboxylic acids is 1. The molecule has 1 aliphatic rings. The van der Waals surface area contributed by atoms with Gasteiger partial charge in [-0.15, -0.1) is 0 Å². The SMILES string of the molecule is Cc1noc(C)c1-c1ccc2nc(N3CCN(C(=O)N(C)C)CC3)nc(NCc3cccc(Cl)c3)c2c1. The van der Waals surface area contributed by atoms with Crippen molar-refractivity contribution in [1.29, 1.82) is 0 Å². The summed E-state index contributed by atoms with van der Waals surface area (Å²) in [7, 11) is 3.55. The van der Waals surface area contributed by atoms with Crippen LogP contribution in [0.25, 0.3) is 22.0 Å². The molecule has 0 atom stereocenters. The summed E-state index contributed by atoms with van der Waals surface area (Å²) in [5.74, 6) is 2.15. The summed E-state index contributed by atoms with van der Waals surface area (Å²) >= 11 is 6.20. The van der Waals surface area contributed by atoms with Gasteiger partial charge in [-0.25, -0.2) is 9.78 Å². The minimum atomic E-state index is 0.0230. The lowest BCUT2D eigenvalue weighted by atomic mass is 10.0. The molecule has 0 radical (unpaired) electrons. The van der Waals surface area contributed by atoms with Crippen molar-refractivity contribution in [2.45, 2.75) is 20.4 Å². The third-order valence-corrected chi connectivity index (χ3v) is 6.81. The summed E-state index contributed by atoms with van der Waals surface area (Å²) in [6.07, 6.45) is 0. The van der Waals surface area contributed by atoms with Crippen LogP contribution in [-0.4, -0.2) is 71.2 Å². The Kier molecular flexibility index (Phi) is 6.88. The number of halogens is 1. The summed E-state index contributed by atoms with van der Waals surface area (Å²) in [5, 5.41) is 9.22. The van der Waals surface area contributed by atoms with Gasteiger partial charge < -0.3 is 24.5 Å². The Morgan fingerprint density at radius 3 is 2.54 bits per heavy atom. The molecule has 0 bridgehead atoms. The smallest absolute Gasteiger partial charge is 0.319 e. The van der Waals surface area contributed by atoms with Gasteiger partial charge in [0, 0.05) is 62.8 Å². The van der Waals surface area contributed by atoms with Crippen LogP contribution in [0.2, 0.25) is 5.02 Å². The summed E-state index contributed by atoms with van der Waals surface area (Å²) < 4.78 is 5.40. The number of nitrogens with one attached hydrogen (secondary N) is 1. The van der Waals surface area contributed by atoms with Crippen molar-refractivity contribution in [1.82, 2.24) is 24.9 Å². The minimum absolute atomic E-state index is 0.0230. The van der Waals surface area contributed by atoms with Crippen LogP contribution >= 0.6 is 11.6 Å². The maximum absolute atomic E-state index is 12.4. The van der Waals surface area contributed by atoms with E-state index >= 15 is 0 Å². The fourth-order valence-corrected chi connectivity index (χ4v) is 4.87. The summed E-state index contributed by atoms with van der Waals surface area (Å²) in [4.78, 5) is 27.8. The first-order valence-corrected chi connectivity index (χ1v) is 12.6.